The number of aromatic nitrogens is 2. The Bertz CT molecular complexity index is 682. The van der Waals surface area contributed by atoms with Crippen LogP contribution in [-0.2, 0) is 4.79 Å². The van der Waals surface area contributed by atoms with E-state index in [2.05, 4.69) is 5.10 Å². The maximum atomic E-state index is 14.0. The van der Waals surface area contributed by atoms with Crippen LogP contribution in [0.3, 0.4) is 0 Å². The molecule has 0 spiro atoms. The first kappa shape index (κ1) is 13.9. The summed E-state index contributed by atoms with van der Waals surface area (Å²) in [6, 6.07) is 3.83. The Hall–Kier alpha value is -2.50. The third-order valence-electron chi connectivity index (χ3n) is 2.68. The maximum Gasteiger partial charge on any atom is 0.328 e. The molecular weight excluding hydrogens is 266 g/mol. The fourth-order valence-corrected chi connectivity index (χ4v) is 1.91. The predicted molar refractivity (Wildman–Crippen MR) is 69.6 cm³/mol. The molecular formula is C14H12F2N2O2. The number of halogens is 2. The third kappa shape index (κ3) is 2.74. The molecule has 4 nitrogen and oxygen atoms in total. The van der Waals surface area contributed by atoms with Crippen molar-refractivity contribution in [3.8, 4) is 5.69 Å². The highest BCUT2D eigenvalue weighted by atomic mass is 19.1. The van der Waals surface area contributed by atoms with Gasteiger partial charge in [-0.3, -0.25) is 0 Å². The van der Waals surface area contributed by atoms with Gasteiger partial charge in [0.05, 0.1) is 5.69 Å². The second kappa shape index (κ2) is 5.24. The van der Waals surface area contributed by atoms with Gasteiger partial charge >= 0.3 is 5.97 Å². The van der Waals surface area contributed by atoms with Crippen LogP contribution in [0.25, 0.3) is 11.8 Å². The standard InChI is InChI=1S/C14H12F2N2O2/c1-8-5-9(2)18(17-8)14-11(15)6-10(7-12(14)16)3-4-13(19)20/h3-7H,1-2H3,(H,19,20). The minimum Gasteiger partial charge on any atom is -0.478 e. The molecule has 0 fully saturated rings. The van der Waals surface area contributed by atoms with Crippen LogP contribution in [0.5, 0.6) is 0 Å². The van der Waals surface area contributed by atoms with Gasteiger partial charge in [-0.2, -0.15) is 5.10 Å². The second-order valence-electron chi connectivity index (χ2n) is 4.34. The summed E-state index contributed by atoms with van der Waals surface area (Å²) in [5.74, 6) is -2.80. The monoisotopic (exact) mass is 278 g/mol. The number of hydrogen-bond donors (Lipinski definition) is 1. The molecule has 0 aliphatic heterocycles. The number of carboxylic acid groups (broad SMARTS) is 1. The molecule has 0 aliphatic carbocycles. The van der Waals surface area contributed by atoms with E-state index >= 15 is 0 Å². The van der Waals surface area contributed by atoms with Gasteiger partial charge in [0.25, 0.3) is 0 Å². The molecule has 0 radical (unpaired) electrons. The van der Waals surface area contributed by atoms with Gasteiger partial charge in [-0.25, -0.2) is 18.3 Å². The Morgan fingerprint density at radius 2 is 1.85 bits per heavy atom. The smallest absolute Gasteiger partial charge is 0.328 e. The average molecular weight is 278 g/mol. The van der Waals surface area contributed by atoms with Crippen LogP contribution < -0.4 is 0 Å². The molecule has 1 N–H and O–H groups in total. The Balaban J connectivity index is 2.52. The lowest BCUT2D eigenvalue weighted by molar-refractivity contribution is -0.131. The summed E-state index contributed by atoms with van der Waals surface area (Å²) in [6.07, 6.45) is 1.94. The lowest BCUT2D eigenvalue weighted by atomic mass is 10.1. The summed E-state index contributed by atoms with van der Waals surface area (Å²) in [6.45, 7) is 3.42. The summed E-state index contributed by atoms with van der Waals surface area (Å²) in [4.78, 5) is 10.4. The summed E-state index contributed by atoms with van der Waals surface area (Å²) in [5, 5.41) is 12.5. The Labute approximate surface area is 114 Å². The van der Waals surface area contributed by atoms with Crippen LogP contribution >= 0.6 is 0 Å². The van der Waals surface area contributed by atoms with E-state index in [1.807, 2.05) is 0 Å². The van der Waals surface area contributed by atoms with Crippen LogP contribution in [0, 0.1) is 25.5 Å². The lowest BCUT2D eigenvalue weighted by Crippen LogP contribution is -2.06. The SMILES string of the molecule is Cc1cc(C)n(-c2c(F)cc(C=CC(=O)O)cc2F)n1. The lowest BCUT2D eigenvalue weighted by Gasteiger charge is -2.08. The number of carbonyl (C=O) groups is 1. The van der Waals surface area contributed by atoms with Crippen LogP contribution in [0.4, 0.5) is 8.78 Å². The number of carboxylic acids is 1. The largest absolute Gasteiger partial charge is 0.478 e. The van der Waals surface area contributed by atoms with Gasteiger partial charge in [0.1, 0.15) is 5.69 Å². The molecule has 1 aromatic heterocycles. The zero-order valence-corrected chi connectivity index (χ0v) is 10.9. The van der Waals surface area contributed by atoms with Crippen molar-refractivity contribution in [1.82, 2.24) is 9.78 Å². The van der Waals surface area contributed by atoms with Crippen molar-refractivity contribution in [2.75, 3.05) is 0 Å². The summed E-state index contributed by atoms with van der Waals surface area (Å²) >= 11 is 0. The highest BCUT2D eigenvalue weighted by Gasteiger charge is 2.15. The zero-order chi connectivity index (χ0) is 14.9. The molecule has 0 aliphatic rings. The number of rotatable bonds is 3. The van der Waals surface area contributed by atoms with Gasteiger partial charge in [-0.05, 0) is 43.7 Å². The van der Waals surface area contributed by atoms with Crippen LogP contribution in [0.2, 0.25) is 0 Å². The van der Waals surface area contributed by atoms with Gasteiger partial charge in [0.15, 0.2) is 11.6 Å². The zero-order valence-electron chi connectivity index (χ0n) is 10.9. The first-order chi connectivity index (χ1) is 9.38. The number of aryl methyl sites for hydroxylation is 2. The van der Waals surface area contributed by atoms with E-state index in [0.717, 1.165) is 24.3 Å². The minimum atomic E-state index is -1.19. The molecule has 104 valence electrons. The molecule has 1 aromatic carbocycles. The molecule has 2 aromatic rings. The average Bonchev–Trinajstić information content (AvgIpc) is 2.65. The minimum absolute atomic E-state index is 0.132. The molecule has 6 heteroatoms. The van der Waals surface area contributed by atoms with E-state index in [1.165, 1.54) is 4.68 Å². The highest BCUT2D eigenvalue weighted by Crippen LogP contribution is 2.22. The van der Waals surface area contributed by atoms with Crippen molar-refractivity contribution in [2.24, 2.45) is 0 Å². The predicted octanol–water partition coefficient (Wildman–Crippen LogP) is 2.87. The first-order valence-corrected chi connectivity index (χ1v) is 5.82. The number of benzene rings is 1. The van der Waals surface area contributed by atoms with E-state index in [0.29, 0.717) is 11.4 Å². The van der Waals surface area contributed by atoms with Crippen molar-refractivity contribution in [3.05, 3.63) is 52.9 Å². The molecule has 0 unspecified atom stereocenters. The highest BCUT2D eigenvalue weighted by molar-refractivity contribution is 5.85. The number of nitrogens with zero attached hydrogens (tertiary/aromatic N) is 2. The van der Waals surface area contributed by atoms with E-state index in [9.17, 15) is 13.6 Å². The third-order valence-corrected chi connectivity index (χ3v) is 2.68. The Morgan fingerprint density at radius 3 is 2.30 bits per heavy atom. The maximum absolute atomic E-state index is 14.0. The summed E-state index contributed by atoms with van der Waals surface area (Å²) in [7, 11) is 0. The van der Waals surface area contributed by atoms with Crippen LogP contribution in [-0.4, -0.2) is 20.9 Å². The van der Waals surface area contributed by atoms with E-state index < -0.39 is 17.6 Å². The molecule has 2 rings (SSSR count). The fraction of sp³-hybridized carbons (Fsp3) is 0.143. The Morgan fingerprint density at radius 1 is 1.25 bits per heavy atom. The molecule has 20 heavy (non-hydrogen) atoms. The number of hydrogen-bond acceptors (Lipinski definition) is 2. The van der Waals surface area contributed by atoms with Crippen molar-refractivity contribution in [2.45, 2.75) is 13.8 Å². The van der Waals surface area contributed by atoms with Gasteiger partial charge in [-0.15, -0.1) is 0 Å². The molecule has 0 atom stereocenters. The fourth-order valence-electron chi connectivity index (χ4n) is 1.91. The Kier molecular flexibility index (Phi) is 3.65. The van der Waals surface area contributed by atoms with Gasteiger partial charge in [-0.1, -0.05) is 0 Å². The molecule has 0 amide bonds. The second-order valence-corrected chi connectivity index (χ2v) is 4.34. The summed E-state index contributed by atoms with van der Waals surface area (Å²) in [5.41, 5.74) is 1.11. The summed E-state index contributed by atoms with van der Waals surface area (Å²) < 4.78 is 29.2. The van der Waals surface area contributed by atoms with Crippen molar-refractivity contribution < 1.29 is 18.7 Å². The quantitative estimate of drug-likeness (QED) is 0.878. The van der Waals surface area contributed by atoms with Crippen molar-refractivity contribution >= 4 is 12.0 Å². The topological polar surface area (TPSA) is 55.1 Å². The molecule has 0 saturated carbocycles. The van der Waals surface area contributed by atoms with Crippen molar-refractivity contribution in [3.63, 3.8) is 0 Å². The van der Waals surface area contributed by atoms with Gasteiger partial charge in [0, 0.05) is 11.8 Å². The van der Waals surface area contributed by atoms with Crippen LogP contribution in [0.15, 0.2) is 24.3 Å². The van der Waals surface area contributed by atoms with Gasteiger partial charge in [0.2, 0.25) is 0 Å². The van der Waals surface area contributed by atoms with E-state index in [-0.39, 0.29) is 11.3 Å². The van der Waals surface area contributed by atoms with Gasteiger partial charge < -0.3 is 5.11 Å². The molecule has 1 heterocycles. The van der Waals surface area contributed by atoms with E-state index in [1.54, 1.807) is 19.9 Å². The number of aliphatic carboxylic acids is 1. The van der Waals surface area contributed by atoms with Crippen LogP contribution in [0.1, 0.15) is 17.0 Å². The van der Waals surface area contributed by atoms with Crippen molar-refractivity contribution in [1.29, 1.82) is 0 Å². The van der Waals surface area contributed by atoms with E-state index in [4.69, 9.17) is 5.11 Å². The first-order valence-electron chi connectivity index (χ1n) is 5.82. The molecule has 0 bridgehead atoms. The molecule has 0 saturated heterocycles. The normalized spacial score (nSPS) is 11.2.